The van der Waals surface area contributed by atoms with Crippen LogP contribution in [0.15, 0.2) is 24.1 Å². The van der Waals surface area contributed by atoms with Crippen molar-refractivity contribution in [1.82, 2.24) is 10.2 Å². The van der Waals surface area contributed by atoms with Crippen molar-refractivity contribution in [2.45, 2.75) is 6.42 Å². The highest BCUT2D eigenvalue weighted by Crippen LogP contribution is 2.16. The summed E-state index contributed by atoms with van der Waals surface area (Å²) in [5, 5.41) is 3.20. The van der Waals surface area contributed by atoms with E-state index in [9.17, 15) is 4.79 Å². The van der Waals surface area contributed by atoms with Gasteiger partial charge in [-0.3, -0.25) is 4.79 Å². The van der Waals surface area contributed by atoms with Crippen LogP contribution in [0.2, 0.25) is 0 Å². The van der Waals surface area contributed by atoms with Crippen LogP contribution in [0.1, 0.15) is 6.42 Å². The maximum atomic E-state index is 12.0. The van der Waals surface area contributed by atoms with E-state index in [1.165, 1.54) is 0 Å². The first-order valence-electron chi connectivity index (χ1n) is 5.25. The SMILES string of the molecule is CN(C(=O)C1CCNC1)C1=CCOC=C1. The number of carbonyl (C=O) groups is 1. The fourth-order valence-electron chi connectivity index (χ4n) is 1.89. The molecule has 0 aromatic rings. The molecule has 1 N–H and O–H groups in total. The molecule has 0 spiro atoms. The van der Waals surface area contributed by atoms with Crippen LogP contribution >= 0.6 is 0 Å². The molecule has 2 heterocycles. The fraction of sp³-hybridized carbons (Fsp3) is 0.545. The molecule has 4 nitrogen and oxygen atoms in total. The molecule has 0 aromatic heterocycles. The molecular weight excluding hydrogens is 192 g/mol. The number of nitrogens with zero attached hydrogens (tertiary/aromatic N) is 1. The van der Waals surface area contributed by atoms with Crippen LogP contribution < -0.4 is 5.32 Å². The van der Waals surface area contributed by atoms with Crippen molar-refractivity contribution in [2.24, 2.45) is 5.92 Å². The molecule has 2 aliphatic heterocycles. The standard InChI is InChI=1S/C11H16N2O2/c1-13(10-3-6-15-7-4-10)11(14)9-2-5-12-8-9/h3-4,6,9,12H,2,5,7-8H2,1H3. The summed E-state index contributed by atoms with van der Waals surface area (Å²) in [6, 6.07) is 0. The Morgan fingerprint density at radius 1 is 1.67 bits per heavy atom. The number of amides is 1. The zero-order chi connectivity index (χ0) is 10.7. The number of carbonyl (C=O) groups excluding carboxylic acids is 1. The first-order chi connectivity index (χ1) is 7.29. The summed E-state index contributed by atoms with van der Waals surface area (Å²) < 4.78 is 5.05. The van der Waals surface area contributed by atoms with Gasteiger partial charge >= 0.3 is 0 Å². The number of hydrogen-bond acceptors (Lipinski definition) is 3. The normalized spacial score (nSPS) is 24.6. The third-order valence-electron chi connectivity index (χ3n) is 2.85. The van der Waals surface area contributed by atoms with Gasteiger partial charge in [0.2, 0.25) is 5.91 Å². The van der Waals surface area contributed by atoms with Crippen molar-refractivity contribution in [3.63, 3.8) is 0 Å². The number of nitrogens with one attached hydrogen (secondary N) is 1. The monoisotopic (exact) mass is 208 g/mol. The summed E-state index contributed by atoms with van der Waals surface area (Å²) in [5.41, 5.74) is 0.929. The number of likely N-dealkylation sites (N-methyl/N-ethyl adjacent to an activating group) is 1. The molecule has 1 unspecified atom stereocenters. The minimum Gasteiger partial charge on any atom is -0.497 e. The maximum Gasteiger partial charge on any atom is 0.231 e. The lowest BCUT2D eigenvalue weighted by atomic mass is 10.1. The molecule has 4 heteroatoms. The van der Waals surface area contributed by atoms with E-state index in [0.717, 1.165) is 25.2 Å². The van der Waals surface area contributed by atoms with Crippen molar-refractivity contribution in [2.75, 3.05) is 26.7 Å². The molecule has 82 valence electrons. The fourth-order valence-corrected chi connectivity index (χ4v) is 1.89. The Balaban J connectivity index is 2.00. The zero-order valence-electron chi connectivity index (χ0n) is 8.90. The molecule has 2 aliphatic rings. The van der Waals surface area contributed by atoms with Crippen LogP contribution in [0.4, 0.5) is 0 Å². The van der Waals surface area contributed by atoms with Gasteiger partial charge < -0.3 is 15.0 Å². The maximum absolute atomic E-state index is 12.0. The van der Waals surface area contributed by atoms with Gasteiger partial charge in [0, 0.05) is 19.3 Å². The van der Waals surface area contributed by atoms with Crippen LogP contribution in [0.3, 0.4) is 0 Å². The van der Waals surface area contributed by atoms with Crippen molar-refractivity contribution >= 4 is 5.91 Å². The summed E-state index contributed by atoms with van der Waals surface area (Å²) in [4.78, 5) is 13.7. The quantitative estimate of drug-likeness (QED) is 0.717. The van der Waals surface area contributed by atoms with Gasteiger partial charge in [-0.25, -0.2) is 0 Å². The Bertz CT molecular complexity index is 304. The van der Waals surface area contributed by atoms with Gasteiger partial charge in [0.1, 0.15) is 6.61 Å². The molecule has 2 rings (SSSR count). The molecule has 0 aromatic carbocycles. The molecule has 15 heavy (non-hydrogen) atoms. The largest absolute Gasteiger partial charge is 0.497 e. The molecule has 1 saturated heterocycles. The lowest BCUT2D eigenvalue weighted by Gasteiger charge is -2.23. The molecule has 0 saturated carbocycles. The van der Waals surface area contributed by atoms with Crippen LogP contribution in [-0.2, 0) is 9.53 Å². The molecule has 0 radical (unpaired) electrons. The van der Waals surface area contributed by atoms with Gasteiger partial charge in [0.15, 0.2) is 0 Å². The van der Waals surface area contributed by atoms with Crippen molar-refractivity contribution in [3.05, 3.63) is 24.1 Å². The summed E-state index contributed by atoms with van der Waals surface area (Å²) in [6.07, 6.45) is 6.31. The van der Waals surface area contributed by atoms with Gasteiger partial charge in [-0.2, -0.15) is 0 Å². The van der Waals surface area contributed by atoms with Gasteiger partial charge in [0.25, 0.3) is 0 Å². The molecule has 1 fully saturated rings. The van der Waals surface area contributed by atoms with E-state index in [1.807, 2.05) is 19.2 Å². The Kier molecular flexibility index (Phi) is 3.06. The number of allylic oxidation sites excluding steroid dienone is 1. The van der Waals surface area contributed by atoms with E-state index in [4.69, 9.17) is 4.74 Å². The van der Waals surface area contributed by atoms with E-state index in [-0.39, 0.29) is 11.8 Å². The highest BCUT2D eigenvalue weighted by molar-refractivity contribution is 5.81. The first kappa shape index (κ1) is 10.2. The molecule has 1 amide bonds. The van der Waals surface area contributed by atoms with Gasteiger partial charge in [-0.15, -0.1) is 0 Å². The Labute approximate surface area is 89.6 Å². The van der Waals surface area contributed by atoms with E-state index >= 15 is 0 Å². The van der Waals surface area contributed by atoms with Crippen molar-refractivity contribution in [3.8, 4) is 0 Å². The second-order valence-electron chi connectivity index (χ2n) is 3.85. The average Bonchev–Trinajstić information content (AvgIpc) is 2.82. The highest BCUT2D eigenvalue weighted by atomic mass is 16.5. The zero-order valence-corrected chi connectivity index (χ0v) is 8.90. The van der Waals surface area contributed by atoms with Crippen molar-refractivity contribution < 1.29 is 9.53 Å². The Hall–Kier alpha value is -1.29. The first-order valence-corrected chi connectivity index (χ1v) is 5.25. The second kappa shape index (κ2) is 4.49. The molecule has 0 bridgehead atoms. The second-order valence-corrected chi connectivity index (χ2v) is 3.85. The minimum absolute atomic E-state index is 0.132. The average molecular weight is 208 g/mol. The van der Waals surface area contributed by atoms with E-state index in [1.54, 1.807) is 11.2 Å². The summed E-state index contributed by atoms with van der Waals surface area (Å²) in [5.74, 6) is 0.324. The topological polar surface area (TPSA) is 41.6 Å². The van der Waals surface area contributed by atoms with E-state index in [0.29, 0.717) is 6.61 Å². The van der Waals surface area contributed by atoms with E-state index in [2.05, 4.69) is 5.32 Å². The van der Waals surface area contributed by atoms with E-state index < -0.39 is 0 Å². The van der Waals surface area contributed by atoms with Gasteiger partial charge in [0.05, 0.1) is 12.2 Å². The minimum atomic E-state index is 0.132. The van der Waals surface area contributed by atoms with Crippen LogP contribution in [-0.4, -0.2) is 37.6 Å². The lowest BCUT2D eigenvalue weighted by Crippen LogP contribution is -2.33. The number of ether oxygens (including phenoxy) is 1. The molecule has 1 atom stereocenters. The number of rotatable bonds is 2. The van der Waals surface area contributed by atoms with Crippen LogP contribution in [0, 0.1) is 5.92 Å². The summed E-state index contributed by atoms with van der Waals surface area (Å²) >= 11 is 0. The predicted molar refractivity (Wildman–Crippen MR) is 56.9 cm³/mol. The Morgan fingerprint density at radius 2 is 2.53 bits per heavy atom. The summed E-state index contributed by atoms with van der Waals surface area (Å²) in [6.45, 7) is 2.30. The highest BCUT2D eigenvalue weighted by Gasteiger charge is 2.26. The van der Waals surface area contributed by atoms with Crippen LogP contribution in [0.25, 0.3) is 0 Å². The third-order valence-corrected chi connectivity index (χ3v) is 2.85. The smallest absolute Gasteiger partial charge is 0.231 e. The van der Waals surface area contributed by atoms with Gasteiger partial charge in [-0.1, -0.05) is 0 Å². The van der Waals surface area contributed by atoms with Gasteiger partial charge in [-0.05, 0) is 25.1 Å². The molecule has 0 aliphatic carbocycles. The third kappa shape index (κ3) is 2.21. The lowest BCUT2D eigenvalue weighted by molar-refractivity contribution is -0.131. The predicted octanol–water partition coefficient (Wildman–Crippen LogP) is 0.482. The van der Waals surface area contributed by atoms with Crippen LogP contribution in [0.5, 0.6) is 0 Å². The van der Waals surface area contributed by atoms with Crippen molar-refractivity contribution in [1.29, 1.82) is 0 Å². The Morgan fingerprint density at radius 3 is 3.13 bits per heavy atom. The number of hydrogen-bond donors (Lipinski definition) is 1. The molecular formula is C11H16N2O2. The summed E-state index contributed by atoms with van der Waals surface area (Å²) in [7, 11) is 1.82.